The lowest BCUT2D eigenvalue weighted by Crippen LogP contribution is -2.17. The summed E-state index contributed by atoms with van der Waals surface area (Å²) in [5.41, 5.74) is 2.42. The molecule has 16 heavy (non-hydrogen) atoms. The third-order valence-corrected chi connectivity index (χ3v) is 3.12. The number of nitrogens with zero attached hydrogens (tertiary/aromatic N) is 1. The highest BCUT2D eigenvalue weighted by atomic mass is 79.9. The van der Waals surface area contributed by atoms with E-state index in [1.807, 2.05) is 24.3 Å². The standard InChI is InChI=1S/C11H9BrN2O2/c12-7-2-1-3-8(4-7)14-11(15)9-5-16-6-10(9)13-14/h1-4,13H,5-6H2. The first-order valence-electron chi connectivity index (χ1n) is 4.92. The average molecular weight is 281 g/mol. The summed E-state index contributed by atoms with van der Waals surface area (Å²) in [6.07, 6.45) is 0. The molecule has 0 fully saturated rings. The average Bonchev–Trinajstić information content (AvgIpc) is 2.82. The van der Waals surface area contributed by atoms with Crippen LogP contribution in [0.4, 0.5) is 0 Å². The first kappa shape index (κ1) is 9.86. The van der Waals surface area contributed by atoms with Gasteiger partial charge in [0.1, 0.15) is 0 Å². The van der Waals surface area contributed by atoms with Crippen LogP contribution in [0.2, 0.25) is 0 Å². The van der Waals surface area contributed by atoms with Gasteiger partial charge in [0.2, 0.25) is 0 Å². The van der Waals surface area contributed by atoms with Crippen LogP contribution in [0.15, 0.2) is 33.5 Å². The van der Waals surface area contributed by atoms with E-state index < -0.39 is 0 Å². The van der Waals surface area contributed by atoms with E-state index in [2.05, 4.69) is 21.0 Å². The molecule has 5 heteroatoms. The van der Waals surface area contributed by atoms with Crippen molar-refractivity contribution >= 4 is 15.9 Å². The predicted molar refractivity (Wildman–Crippen MR) is 62.6 cm³/mol. The van der Waals surface area contributed by atoms with Crippen molar-refractivity contribution in [1.82, 2.24) is 9.78 Å². The Morgan fingerprint density at radius 2 is 2.25 bits per heavy atom. The van der Waals surface area contributed by atoms with Gasteiger partial charge in [0.25, 0.3) is 5.56 Å². The highest BCUT2D eigenvalue weighted by Crippen LogP contribution is 2.17. The summed E-state index contributed by atoms with van der Waals surface area (Å²) < 4.78 is 7.70. The van der Waals surface area contributed by atoms with Crippen molar-refractivity contribution in [3.05, 3.63) is 50.3 Å². The molecule has 82 valence electrons. The van der Waals surface area contributed by atoms with Crippen LogP contribution >= 0.6 is 15.9 Å². The highest BCUT2D eigenvalue weighted by Gasteiger charge is 2.20. The van der Waals surface area contributed by atoms with E-state index in [0.29, 0.717) is 13.2 Å². The predicted octanol–water partition coefficient (Wildman–Crippen LogP) is 1.96. The van der Waals surface area contributed by atoms with Crippen LogP contribution in [-0.2, 0) is 18.0 Å². The Morgan fingerprint density at radius 1 is 1.38 bits per heavy atom. The summed E-state index contributed by atoms with van der Waals surface area (Å²) in [5, 5.41) is 3.06. The number of nitrogens with one attached hydrogen (secondary N) is 1. The van der Waals surface area contributed by atoms with Crippen molar-refractivity contribution < 1.29 is 4.74 Å². The van der Waals surface area contributed by atoms with E-state index in [1.54, 1.807) is 4.68 Å². The molecule has 2 aromatic rings. The Morgan fingerprint density at radius 3 is 3.00 bits per heavy atom. The number of aromatic nitrogens is 2. The molecule has 1 aromatic carbocycles. The van der Waals surface area contributed by atoms with Crippen LogP contribution in [0.5, 0.6) is 0 Å². The molecule has 0 saturated heterocycles. The molecule has 1 aliphatic heterocycles. The zero-order valence-corrected chi connectivity index (χ0v) is 9.95. The lowest BCUT2D eigenvalue weighted by Gasteiger charge is -2.02. The van der Waals surface area contributed by atoms with Crippen LogP contribution in [0.1, 0.15) is 11.3 Å². The van der Waals surface area contributed by atoms with Crippen molar-refractivity contribution in [1.29, 1.82) is 0 Å². The fourth-order valence-electron chi connectivity index (χ4n) is 1.84. The fraction of sp³-hybridized carbons (Fsp3) is 0.182. The van der Waals surface area contributed by atoms with Crippen LogP contribution in [0.3, 0.4) is 0 Å². The van der Waals surface area contributed by atoms with E-state index in [-0.39, 0.29) is 5.56 Å². The van der Waals surface area contributed by atoms with Crippen LogP contribution in [-0.4, -0.2) is 9.78 Å². The number of H-pyrrole nitrogens is 1. The number of aromatic amines is 1. The Bertz CT molecular complexity index is 600. The largest absolute Gasteiger partial charge is 0.370 e. The molecule has 0 aliphatic carbocycles. The van der Waals surface area contributed by atoms with E-state index >= 15 is 0 Å². The van der Waals surface area contributed by atoms with Gasteiger partial charge in [-0.3, -0.25) is 9.89 Å². The molecule has 0 saturated carbocycles. The van der Waals surface area contributed by atoms with Crippen LogP contribution < -0.4 is 5.56 Å². The maximum absolute atomic E-state index is 12.0. The molecule has 2 heterocycles. The van der Waals surface area contributed by atoms with Gasteiger partial charge in [-0.1, -0.05) is 22.0 Å². The summed E-state index contributed by atoms with van der Waals surface area (Å²) in [6.45, 7) is 0.900. The molecule has 0 unspecified atom stereocenters. The SMILES string of the molecule is O=c1c2c([nH]n1-c1cccc(Br)c1)COC2. The van der Waals surface area contributed by atoms with Crippen molar-refractivity contribution in [2.75, 3.05) is 0 Å². The van der Waals surface area contributed by atoms with E-state index in [9.17, 15) is 4.79 Å². The number of rotatable bonds is 1. The summed E-state index contributed by atoms with van der Waals surface area (Å²) in [5.74, 6) is 0. The second kappa shape index (κ2) is 3.61. The minimum atomic E-state index is -0.0226. The highest BCUT2D eigenvalue weighted by molar-refractivity contribution is 9.10. The normalized spacial score (nSPS) is 14.1. The molecule has 3 rings (SSSR count). The first-order chi connectivity index (χ1) is 7.75. The molecule has 0 atom stereocenters. The Kier molecular flexibility index (Phi) is 2.22. The van der Waals surface area contributed by atoms with Gasteiger partial charge in [-0.15, -0.1) is 0 Å². The molecular formula is C11H9BrN2O2. The van der Waals surface area contributed by atoms with Gasteiger partial charge in [-0.2, -0.15) is 0 Å². The summed E-state index contributed by atoms with van der Waals surface area (Å²) in [4.78, 5) is 12.0. The molecular weight excluding hydrogens is 272 g/mol. The van der Waals surface area contributed by atoms with Crippen molar-refractivity contribution in [2.45, 2.75) is 13.2 Å². The number of benzene rings is 1. The Labute approximate surface area is 100.0 Å². The third-order valence-electron chi connectivity index (χ3n) is 2.63. The lowest BCUT2D eigenvalue weighted by molar-refractivity contribution is 0.130. The maximum Gasteiger partial charge on any atom is 0.277 e. The van der Waals surface area contributed by atoms with E-state index in [1.165, 1.54) is 0 Å². The summed E-state index contributed by atoms with van der Waals surface area (Å²) >= 11 is 3.39. The summed E-state index contributed by atoms with van der Waals surface area (Å²) in [6, 6.07) is 7.61. The molecule has 0 amide bonds. The molecule has 1 aliphatic rings. The van der Waals surface area contributed by atoms with Gasteiger partial charge in [0.05, 0.1) is 30.2 Å². The molecule has 4 nitrogen and oxygen atoms in total. The third kappa shape index (κ3) is 1.44. The number of hydrogen-bond acceptors (Lipinski definition) is 2. The zero-order chi connectivity index (χ0) is 11.1. The Balaban J connectivity index is 2.18. The lowest BCUT2D eigenvalue weighted by atomic mass is 10.3. The van der Waals surface area contributed by atoms with Crippen LogP contribution in [0, 0.1) is 0 Å². The number of ether oxygens (including phenoxy) is 1. The van der Waals surface area contributed by atoms with Crippen molar-refractivity contribution in [2.24, 2.45) is 0 Å². The minimum Gasteiger partial charge on any atom is -0.370 e. The molecule has 1 N–H and O–H groups in total. The zero-order valence-electron chi connectivity index (χ0n) is 8.37. The number of halogens is 1. The van der Waals surface area contributed by atoms with Gasteiger partial charge >= 0.3 is 0 Å². The van der Waals surface area contributed by atoms with Gasteiger partial charge in [-0.05, 0) is 18.2 Å². The maximum atomic E-state index is 12.0. The van der Waals surface area contributed by atoms with Crippen LogP contribution in [0.25, 0.3) is 5.69 Å². The van der Waals surface area contributed by atoms with E-state index in [4.69, 9.17) is 4.74 Å². The molecule has 0 spiro atoms. The van der Waals surface area contributed by atoms with Gasteiger partial charge < -0.3 is 4.74 Å². The second-order valence-electron chi connectivity index (χ2n) is 3.68. The molecule has 0 radical (unpaired) electrons. The number of fused-ring (bicyclic) bond motifs is 1. The Hall–Kier alpha value is -1.33. The first-order valence-corrected chi connectivity index (χ1v) is 5.71. The quantitative estimate of drug-likeness (QED) is 0.868. The summed E-state index contributed by atoms with van der Waals surface area (Å²) in [7, 11) is 0. The van der Waals surface area contributed by atoms with Crippen molar-refractivity contribution in [3.8, 4) is 5.69 Å². The second-order valence-corrected chi connectivity index (χ2v) is 4.60. The topological polar surface area (TPSA) is 47.0 Å². The van der Waals surface area contributed by atoms with E-state index in [0.717, 1.165) is 21.4 Å². The fourth-order valence-corrected chi connectivity index (χ4v) is 2.22. The molecule has 1 aromatic heterocycles. The monoisotopic (exact) mass is 280 g/mol. The number of hydrogen-bond donors (Lipinski definition) is 1. The smallest absolute Gasteiger partial charge is 0.277 e. The van der Waals surface area contributed by atoms with Gasteiger partial charge in [-0.25, -0.2) is 4.68 Å². The van der Waals surface area contributed by atoms with Gasteiger partial charge in [0, 0.05) is 4.47 Å². The van der Waals surface area contributed by atoms with Crippen molar-refractivity contribution in [3.63, 3.8) is 0 Å². The van der Waals surface area contributed by atoms with Gasteiger partial charge in [0.15, 0.2) is 0 Å². The molecule has 0 bridgehead atoms. The minimum absolute atomic E-state index is 0.0226.